The van der Waals surface area contributed by atoms with Gasteiger partial charge in [0.25, 0.3) is 0 Å². The molecule has 13 heavy (non-hydrogen) atoms. The fourth-order valence-corrected chi connectivity index (χ4v) is 0. The quantitative estimate of drug-likeness (QED) is 0.625. The van der Waals surface area contributed by atoms with Gasteiger partial charge in [-0.3, -0.25) is 0 Å². The Morgan fingerprint density at radius 1 is 0.385 bits per heavy atom. The molecule has 0 spiro atoms. The molecule has 0 N–H and O–H groups in total. The van der Waals surface area contributed by atoms with Crippen LogP contribution in [0.3, 0.4) is 0 Å². The summed E-state index contributed by atoms with van der Waals surface area (Å²) in [5.41, 5.74) is 0. The minimum atomic E-state index is 0. The highest BCUT2D eigenvalue weighted by Crippen LogP contribution is 2.09. The molecular formula is C7H22S6. The summed E-state index contributed by atoms with van der Waals surface area (Å²) in [4.78, 5) is 0. The SMILES string of the molecule is C.CSSC.CSSC.CSSC. The second-order valence-electron chi connectivity index (χ2n) is 1.00. The Kier molecular flexibility index (Phi) is 69.1. The normalized spacial score (nSPS) is 6.92. The molecule has 0 aliphatic heterocycles. The monoisotopic (exact) mass is 298 g/mol. The van der Waals surface area contributed by atoms with E-state index in [0.717, 1.165) is 0 Å². The summed E-state index contributed by atoms with van der Waals surface area (Å²) in [6, 6.07) is 0. The summed E-state index contributed by atoms with van der Waals surface area (Å²) >= 11 is 0. The van der Waals surface area contributed by atoms with E-state index >= 15 is 0 Å². The van der Waals surface area contributed by atoms with Gasteiger partial charge in [0.15, 0.2) is 0 Å². The van der Waals surface area contributed by atoms with Gasteiger partial charge in [0.05, 0.1) is 0 Å². The van der Waals surface area contributed by atoms with Crippen LogP contribution in [-0.4, -0.2) is 37.5 Å². The molecule has 0 fully saturated rings. The molecule has 0 rings (SSSR count). The van der Waals surface area contributed by atoms with Crippen molar-refractivity contribution in [1.82, 2.24) is 0 Å². The van der Waals surface area contributed by atoms with E-state index in [1.165, 1.54) is 0 Å². The van der Waals surface area contributed by atoms with Crippen LogP contribution >= 0.6 is 64.8 Å². The average molecular weight is 299 g/mol. The van der Waals surface area contributed by atoms with E-state index in [2.05, 4.69) is 37.5 Å². The number of rotatable bonds is 3. The zero-order chi connectivity index (χ0) is 10.2. The van der Waals surface area contributed by atoms with Gasteiger partial charge in [0.2, 0.25) is 0 Å². The molecule has 0 aliphatic carbocycles. The molecule has 0 heterocycles. The predicted octanol–water partition coefficient (Wildman–Crippen LogP) is 5.52. The molecule has 0 atom stereocenters. The highest BCUT2D eigenvalue weighted by molar-refractivity contribution is 8.76. The lowest BCUT2D eigenvalue weighted by Crippen LogP contribution is -1.28. The van der Waals surface area contributed by atoms with Crippen molar-refractivity contribution in [1.29, 1.82) is 0 Å². The molecule has 0 aromatic rings. The molecule has 0 aromatic heterocycles. The second-order valence-corrected chi connectivity index (χ2v) is 9.00. The van der Waals surface area contributed by atoms with Gasteiger partial charge in [-0.25, -0.2) is 0 Å². The first-order chi connectivity index (χ1) is 5.74. The van der Waals surface area contributed by atoms with Crippen LogP contribution in [0, 0.1) is 0 Å². The first-order valence-corrected chi connectivity index (χ1v) is 11.8. The molecular weight excluding hydrogens is 276 g/mol. The Balaban J connectivity index is -0.0000000450. The fraction of sp³-hybridized carbons (Fsp3) is 1.00. The molecule has 0 nitrogen and oxygen atoms in total. The first-order valence-electron chi connectivity index (χ1n) is 2.95. The van der Waals surface area contributed by atoms with Gasteiger partial charge in [-0.15, -0.1) is 0 Å². The van der Waals surface area contributed by atoms with Crippen molar-refractivity contribution in [3.8, 4) is 0 Å². The van der Waals surface area contributed by atoms with E-state index in [1.54, 1.807) is 64.8 Å². The van der Waals surface area contributed by atoms with E-state index in [-0.39, 0.29) is 7.43 Å². The molecule has 0 unspecified atom stereocenters. The van der Waals surface area contributed by atoms with Crippen LogP contribution < -0.4 is 0 Å². The Hall–Kier alpha value is 2.10. The Morgan fingerprint density at radius 2 is 0.462 bits per heavy atom. The third kappa shape index (κ3) is 79.4. The molecule has 0 aliphatic rings. The van der Waals surface area contributed by atoms with E-state index in [9.17, 15) is 0 Å². The first kappa shape index (κ1) is 24.4. The van der Waals surface area contributed by atoms with E-state index in [4.69, 9.17) is 0 Å². The van der Waals surface area contributed by atoms with Crippen LogP contribution in [-0.2, 0) is 0 Å². The summed E-state index contributed by atoms with van der Waals surface area (Å²) in [6.07, 6.45) is 12.4. The summed E-state index contributed by atoms with van der Waals surface area (Å²) in [5.74, 6) is 0. The zero-order valence-electron chi connectivity index (χ0n) is 8.45. The Bertz CT molecular complexity index is 28.5. The lowest BCUT2D eigenvalue weighted by Gasteiger charge is -1.69. The topological polar surface area (TPSA) is 0 Å². The fourth-order valence-electron chi connectivity index (χ4n) is 0. The highest BCUT2D eigenvalue weighted by Gasteiger charge is 1.55. The van der Waals surface area contributed by atoms with Crippen molar-refractivity contribution in [3.63, 3.8) is 0 Å². The minimum Gasteiger partial charge on any atom is -0.0979 e. The Labute approximate surface area is 109 Å². The highest BCUT2D eigenvalue weighted by atomic mass is 33.1. The molecule has 6 heteroatoms. The van der Waals surface area contributed by atoms with Crippen molar-refractivity contribution in [2.45, 2.75) is 7.43 Å². The van der Waals surface area contributed by atoms with Crippen LogP contribution in [0.1, 0.15) is 7.43 Å². The number of hydrogen-bond donors (Lipinski definition) is 0. The van der Waals surface area contributed by atoms with Crippen LogP contribution in [0.25, 0.3) is 0 Å². The summed E-state index contributed by atoms with van der Waals surface area (Å²) in [7, 11) is 10.6. The van der Waals surface area contributed by atoms with Gasteiger partial charge in [-0.2, -0.15) is 0 Å². The van der Waals surface area contributed by atoms with Crippen LogP contribution in [0.5, 0.6) is 0 Å². The average Bonchev–Trinajstić information content (AvgIpc) is 2.18. The second kappa shape index (κ2) is 36.9. The molecule has 0 bridgehead atoms. The lowest BCUT2D eigenvalue weighted by atomic mass is 12.0. The molecule has 0 amide bonds. The lowest BCUT2D eigenvalue weighted by molar-refractivity contribution is 2.50. The van der Waals surface area contributed by atoms with E-state index in [1.807, 2.05) is 0 Å². The van der Waals surface area contributed by atoms with Crippen molar-refractivity contribution in [2.24, 2.45) is 0 Å². The largest absolute Gasteiger partial charge is 0.0979 e. The summed E-state index contributed by atoms with van der Waals surface area (Å²) in [5, 5.41) is 0. The van der Waals surface area contributed by atoms with Crippen LogP contribution in [0.15, 0.2) is 0 Å². The van der Waals surface area contributed by atoms with Gasteiger partial charge in [-0.1, -0.05) is 72.2 Å². The van der Waals surface area contributed by atoms with Gasteiger partial charge >= 0.3 is 0 Å². The molecule has 86 valence electrons. The van der Waals surface area contributed by atoms with Crippen LogP contribution in [0.4, 0.5) is 0 Å². The van der Waals surface area contributed by atoms with E-state index in [0.29, 0.717) is 0 Å². The van der Waals surface area contributed by atoms with Crippen molar-refractivity contribution < 1.29 is 0 Å². The number of hydrogen-bond acceptors (Lipinski definition) is 6. The molecule has 0 saturated carbocycles. The predicted molar refractivity (Wildman–Crippen MR) is 87.8 cm³/mol. The van der Waals surface area contributed by atoms with Gasteiger partial charge in [-0.05, 0) is 37.5 Å². The third-order valence-corrected chi connectivity index (χ3v) is 4.50. The maximum atomic E-state index is 2.06. The summed E-state index contributed by atoms with van der Waals surface area (Å²) in [6.45, 7) is 0. The van der Waals surface area contributed by atoms with Gasteiger partial charge in [0.1, 0.15) is 0 Å². The van der Waals surface area contributed by atoms with Crippen molar-refractivity contribution >= 4 is 64.8 Å². The maximum absolute atomic E-state index is 2.06. The van der Waals surface area contributed by atoms with E-state index < -0.39 is 0 Å². The maximum Gasteiger partial charge on any atom is -0.00793 e. The molecule has 0 aromatic carbocycles. The Morgan fingerprint density at radius 3 is 0.462 bits per heavy atom. The third-order valence-electron chi connectivity index (χ3n) is 0.500. The smallest absolute Gasteiger partial charge is 0.00793 e. The van der Waals surface area contributed by atoms with Crippen molar-refractivity contribution in [3.05, 3.63) is 0 Å². The van der Waals surface area contributed by atoms with Crippen LogP contribution in [0.2, 0.25) is 0 Å². The molecule has 0 radical (unpaired) electrons. The minimum absolute atomic E-state index is 0. The standard InChI is InChI=1S/3C2H6S2.CH4/c3*1-3-4-2;/h3*1-2H3;1H4. The van der Waals surface area contributed by atoms with Gasteiger partial charge < -0.3 is 0 Å². The molecule has 0 saturated heterocycles. The zero-order valence-corrected chi connectivity index (χ0v) is 13.3. The van der Waals surface area contributed by atoms with Crippen molar-refractivity contribution in [2.75, 3.05) is 37.5 Å². The summed E-state index contributed by atoms with van der Waals surface area (Å²) < 4.78 is 0. The van der Waals surface area contributed by atoms with Gasteiger partial charge in [0, 0.05) is 0 Å².